The molecule has 0 bridgehead atoms. The van der Waals surface area contributed by atoms with Crippen molar-refractivity contribution in [3.63, 3.8) is 0 Å². The molecule has 0 saturated heterocycles. The number of nitrogens with zero attached hydrogens (tertiary/aromatic N) is 5. The standard InChI is InChI=1S/C16H12FN5O2/c1-10-14(15-18-16(24-20-15)13-3-2-8-23-13)19-21-22(10)9-11-4-6-12(17)7-5-11/h2-8H,9H2,1H3. The minimum Gasteiger partial charge on any atom is -0.459 e. The molecular weight excluding hydrogens is 313 g/mol. The smallest absolute Gasteiger partial charge is 0.293 e. The van der Waals surface area contributed by atoms with Crippen molar-refractivity contribution in [2.24, 2.45) is 0 Å². The lowest BCUT2D eigenvalue weighted by Crippen LogP contribution is -2.04. The van der Waals surface area contributed by atoms with Crippen LogP contribution in [0.4, 0.5) is 4.39 Å². The van der Waals surface area contributed by atoms with Crippen molar-refractivity contribution >= 4 is 0 Å². The normalized spacial score (nSPS) is 11.1. The van der Waals surface area contributed by atoms with E-state index in [0.29, 0.717) is 23.8 Å². The van der Waals surface area contributed by atoms with Crippen molar-refractivity contribution < 1.29 is 13.3 Å². The summed E-state index contributed by atoms with van der Waals surface area (Å²) in [6.07, 6.45) is 1.53. The first-order valence-corrected chi connectivity index (χ1v) is 7.23. The first-order valence-electron chi connectivity index (χ1n) is 7.23. The molecule has 0 atom stereocenters. The molecule has 0 unspecified atom stereocenters. The van der Waals surface area contributed by atoms with Gasteiger partial charge in [-0.2, -0.15) is 4.98 Å². The molecule has 0 radical (unpaired) electrons. The van der Waals surface area contributed by atoms with Crippen LogP contribution in [-0.4, -0.2) is 25.1 Å². The van der Waals surface area contributed by atoms with Crippen LogP contribution in [0.25, 0.3) is 23.2 Å². The van der Waals surface area contributed by atoms with Gasteiger partial charge >= 0.3 is 0 Å². The maximum Gasteiger partial charge on any atom is 0.293 e. The molecule has 4 aromatic rings. The van der Waals surface area contributed by atoms with E-state index >= 15 is 0 Å². The summed E-state index contributed by atoms with van der Waals surface area (Å²) in [6.45, 7) is 2.34. The van der Waals surface area contributed by atoms with E-state index in [1.807, 2.05) is 6.92 Å². The van der Waals surface area contributed by atoms with Crippen molar-refractivity contribution in [1.82, 2.24) is 25.1 Å². The fourth-order valence-electron chi connectivity index (χ4n) is 2.30. The second-order valence-corrected chi connectivity index (χ2v) is 5.21. The maximum absolute atomic E-state index is 13.0. The monoisotopic (exact) mass is 325 g/mol. The van der Waals surface area contributed by atoms with Crippen molar-refractivity contribution in [2.75, 3.05) is 0 Å². The molecule has 4 rings (SSSR count). The maximum atomic E-state index is 13.0. The summed E-state index contributed by atoms with van der Waals surface area (Å²) in [4.78, 5) is 4.28. The minimum atomic E-state index is -0.271. The van der Waals surface area contributed by atoms with Gasteiger partial charge in [-0.3, -0.25) is 0 Å². The second-order valence-electron chi connectivity index (χ2n) is 5.21. The topological polar surface area (TPSA) is 82.8 Å². The first kappa shape index (κ1) is 14.3. The molecule has 0 aliphatic carbocycles. The van der Waals surface area contributed by atoms with Gasteiger partial charge in [0.05, 0.1) is 18.5 Å². The molecule has 1 aromatic carbocycles. The zero-order valence-electron chi connectivity index (χ0n) is 12.7. The van der Waals surface area contributed by atoms with Crippen LogP contribution in [0.2, 0.25) is 0 Å². The Morgan fingerprint density at radius 3 is 2.75 bits per heavy atom. The Morgan fingerprint density at radius 1 is 1.17 bits per heavy atom. The largest absolute Gasteiger partial charge is 0.459 e. The van der Waals surface area contributed by atoms with E-state index in [9.17, 15) is 4.39 Å². The highest BCUT2D eigenvalue weighted by Gasteiger charge is 2.18. The molecule has 120 valence electrons. The lowest BCUT2D eigenvalue weighted by atomic mass is 10.2. The van der Waals surface area contributed by atoms with E-state index in [-0.39, 0.29) is 11.7 Å². The Morgan fingerprint density at radius 2 is 2.00 bits per heavy atom. The Labute approximate surface area is 135 Å². The molecule has 24 heavy (non-hydrogen) atoms. The number of hydrogen-bond donors (Lipinski definition) is 0. The van der Waals surface area contributed by atoms with Gasteiger partial charge in [0, 0.05) is 0 Å². The number of aromatic nitrogens is 5. The molecule has 8 heteroatoms. The van der Waals surface area contributed by atoms with E-state index in [4.69, 9.17) is 8.94 Å². The van der Waals surface area contributed by atoms with Gasteiger partial charge in [-0.05, 0) is 36.8 Å². The van der Waals surface area contributed by atoms with Crippen molar-refractivity contribution in [3.05, 3.63) is 59.7 Å². The molecule has 0 spiro atoms. The molecule has 0 N–H and O–H groups in total. The van der Waals surface area contributed by atoms with E-state index < -0.39 is 0 Å². The fourth-order valence-corrected chi connectivity index (χ4v) is 2.30. The number of halogens is 1. The van der Waals surface area contributed by atoms with Gasteiger partial charge in [0.25, 0.3) is 5.89 Å². The van der Waals surface area contributed by atoms with Gasteiger partial charge in [0.1, 0.15) is 5.82 Å². The van der Waals surface area contributed by atoms with Crippen LogP contribution in [0.5, 0.6) is 0 Å². The minimum absolute atomic E-state index is 0.271. The molecule has 0 saturated carbocycles. The van der Waals surface area contributed by atoms with Crippen LogP contribution in [0.15, 0.2) is 51.6 Å². The zero-order chi connectivity index (χ0) is 16.5. The molecule has 0 fully saturated rings. The first-order chi connectivity index (χ1) is 11.7. The van der Waals surface area contributed by atoms with E-state index in [1.165, 1.54) is 18.4 Å². The SMILES string of the molecule is Cc1c(-c2noc(-c3ccco3)n2)nnn1Cc1ccc(F)cc1. The Hall–Kier alpha value is -3.29. The summed E-state index contributed by atoms with van der Waals surface area (Å²) in [5.74, 6) is 0.837. The highest BCUT2D eigenvalue weighted by atomic mass is 19.1. The number of benzene rings is 1. The van der Waals surface area contributed by atoms with Crippen molar-refractivity contribution in [2.45, 2.75) is 13.5 Å². The third kappa shape index (κ3) is 2.58. The van der Waals surface area contributed by atoms with Crippen molar-refractivity contribution in [3.8, 4) is 23.2 Å². The second kappa shape index (κ2) is 5.73. The van der Waals surface area contributed by atoms with Crippen LogP contribution < -0.4 is 0 Å². The van der Waals surface area contributed by atoms with Crippen molar-refractivity contribution in [1.29, 1.82) is 0 Å². The third-order valence-corrected chi connectivity index (χ3v) is 3.60. The Bertz CT molecular complexity index is 957. The van der Waals surface area contributed by atoms with Crippen LogP contribution >= 0.6 is 0 Å². The lowest BCUT2D eigenvalue weighted by molar-refractivity contribution is 0.416. The highest BCUT2D eigenvalue weighted by molar-refractivity contribution is 5.54. The average Bonchev–Trinajstić information content (AvgIpc) is 3.31. The zero-order valence-corrected chi connectivity index (χ0v) is 12.7. The molecule has 0 amide bonds. The molecule has 3 heterocycles. The highest BCUT2D eigenvalue weighted by Crippen LogP contribution is 2.23. The molecule has 7 nitrogen and oxygen atoms in total. The van der Waals surface area contributed by atoms with Gasteiger partial charge in [-0.25, -0.2) is 9.07 Å². The van der Waals surface area contributed by atoms with E-state index in [2.05, 4.69) is 20.5 Å². The average molecular weight is 325 g/mol. The van der Waals surface area contributed by atoms with Crippen LogP contribution in [0, 0.1) is 12.7 Å². The van der Waals surface area contributed by atoms with Gasteiger partial charge in [-0.15, -0.1) is 5.10 Å². The number of furan rings is 1. The third-order valence-electron chi connectivity index (χ3n) is 3.60. The summed E-state index contributed by atoms with van der Waals surface area (Å²) in [6, 6.07) is 9.71. The Balaban J connectivity index is 1.61. The lowest BCUT2D eigenvalue weighted by Gasteiger charge is -2.03. The van der Waals surface area contributed by atoms with Gasteiger partial charge in [-0.1, -0.05) is 22.5 Å². The number of hydrogen-bond acceptors (Lipinski definition) is 6. The van der Waals surface area contributed by atoms with Gasteiger partial charge in [0.15, 0.2) is 11.5 Å². The number of rotatable bonds is 4. The summed E-state index contributed by atoms with van der Waals surface area (Å²) in [5, 5.41) is 12.2. The fraction of sp³-hybridized carbons (Fsp3) is 0.125. The summed E-state index contributed by atoms with van der Waals surface area (Å²) in [5.41, 5.74) is 2.23. The molecular formula is C16H12FN5O2. The summed E-state index contributed by atoms with van der Waals surface area (Å²) >= 11 is 0. The summed E-state index contributed by atoms with van der Waals surface area (Å²) < 4.78 is 25.1. The Kier molecular flexibility index (Phi) is 3.42. The predicted octanol–water partition coefficient (Wildman–Crippen LogP) is 3.08. The van der Waals surface area contributed by atoms with Gasteiger partial charge in [0.2, 0.25) is 5.82 Å². The molecule has 0 aliphatic heterocycles. The van der Waals surface area contributed by atoms with E-state index in [0.717, 1.165) is 11.3 Å². The molecule has 3 aromatic heterocycles. The summed E-state index contributed by atoms with van der Waals surface area (Å²) in [7, 11) is 0. The van der Waals surface area contributed by atoms with Crippen LogP contribution in [-0.2, 0) is 6.54 Å². The van der Waals surface area contributed by atoms with Crippen LogP contribution in [0.1, 0.15) is 11.3 Å². The predicted molar refractivity (Wildman–Crippen MR) is 81.3 cm³/mol. The quantitative estimate of drug-likeness (QED) is 0.573. The van der Waals surface area contributed by atoms with Crippen LogP contribution in [0.3, 0.4) is 0 Å². The van der Waals surface area contributed by atoms with Gasteiger partial charge < -0.3 is 8.94 Å². The van der Waals surface area contributed by atoms with E-state index in [1.54, 1.807) is 28.9 Å². The molecule has 0 aliphatic rings.